The van der Waals surface area contributed by atoms with Crippen LogP contribution in [-0.4, -0.2) is 23.4 Å². The minimum Gasteiger partial charge on any atom is -0.398 e. The summed E-state index contributed by atoms with van der Waals surface area (Å²) in [5.41, 5.74) is 7.11. The van der Waals surface area contributed by atoms with Crippen molar-refractivity contribution in [3.05, 3.63) is 28.2 Å². The van der Waals surface area contributed by atoms with Crippen molar-refractivity contribution in [2.24, 2.45) is 11.8 Å². The molecule has 0 saturated carbocycles. The fraction of sp³-hybridized carbons (Fsp3) is 0.533. The first-order valence-corrected chi connectivity index (χ1v) is 7.55. The monoisotopic (exact) mass is 324 g/mol. The first-order valence-electron chi connectivity index (χ1n) is 6.76. The summed E-state index contributed by atoms with van der Waals surface area (Å²) < 4.78 is 0.898. The van der Waals surface area contributed by atoms with Crippen LogP contribution in [0.15, 0.2) is 22.7 Å². The highest BCUT2D eigenvalue weighted by Crippen LogP contribution is 2.29. The molecular weight excluding hydrogens is 304 g/mol. The number of likely N-dealkylation sites (tertiary alicyclic amines) is 1. The maximum atomic E-state index is 12.7. The zero-order valence-electron chi connectivity index (χ0n) is 11.7. The Hall–Kier alpha value is -1.03. The van der Waals surface area contributed by atoms with Crippen LogP contribution in [0.1, 0.15) is 37.6 Å². The highest BCUT2D eigenvalue weighted by atomic mass is 79.9. The molecule has 0 spiro atoms. The van der Waals surface area contributed by atoms with Crippen LogP contribution in [0.25, 0.3) is 0 Å². The second kappa shape index (κ2) is 5.53. The van der Waals surface area contributed by atoms with E-state index >= 15 is 0 Å². The molecule has 2 rings (SSSR count). The topological polar surface area (TPSA) is 46.3 Å². The Labute approximate surface area is 123 Å². The maximum Gasteiger partial charge on any atom is 0.256 e. The van der Waals surface area contributed by atoms with Crippen LogP contribution in [0.2, 0.25) is 0 Å². The molecule has 0 aliphatic carbocycles. The SMILES string of the molecule is CC1CC(C)C(C)N(C(=O)c2ccc(Br)cc2N)C1. The number of nitrogens with two attached hydrogens (primary N) is 1. The van der Waals surface area contributed by atoms with Crippen LogP contribution in [0.5, 0.6) is 0 Å². The van der Waals surface area contributed by atoms with Gasteiger partial charge in [0.1, 0.15) is 0 Å². The molecule has 1 aromatic carbocycles. The number of nitrogen functional groups attached to an aromatic ring is 1. The number of benzene rings is 1. The van der Waals surface area contributed by atoms with Gasteiger partial charge in [-0.2, -0.15) is 0 Å². The molecule has 2 N–H and O–H groups in total. The average Bonchev–Trinajstić information content (AvgIpc) is 2.33. The first kappa shape index (κ1) is 14.4. The highest BCUT2D eigenvalue weighted by Gasteiger charge is 2.32. The lowest BCUT2D eigenvalue weighted by atomic mass is 9.85. The first-order chi connectivity index (χ1) is 8.90. The molecule has 1 fully saturated rings. The van der Waals surface area contributed by atoms with Crippen LogP contribution in [0.3, 0.4) is 0 Å². The summed E-state index contributed by atoms with van der Waals surface area (Å²) in [5.74, 6) is 1.13. The van der Waals surface area contributed by atoms with Gasteiger partial charge in [0.05, 0.1) is 5.56 Å². The largest absolute Gasteiger partial charge is 0.398 e. The fourth-order valence-corrected chi connectivity index (χ4v) is 3.25. The zero-order valence-corrected chi connectivity index (χ0v) is 13.3. The molecule has 1 amide bonds. The Morgan fingerprint density at radius 3 is 2.68 bits per heavy atom. The van der Waals surface area contributed by atoms with Crippen molar-refractivity contribution in [1.82, 2.24) is 4.90 Å². The number of carbonyl (C=O) groups is 1. The van der Waals surface area contributed by atoms with Crippen molar-refractivity contribution in [2.75, 3.05) is 12.3 Å². The van der Waals surface area contributed by atoms with E-state index in [1.165, 1.54) is 6.42 Å². The lowest BCUT2D eigenvalue weighted by Crippen LogP contribution is -2.49. The molecule has 3 unspecified atom stereocenters. The lowest BCUT2D eigenvalue weighted by Gasteiger charge is -2.41. The Bertz CT molecular complexity index is 489. The molecule has 3 atom stereocenters. The Morgan fingerprint density at radius 2 is 2.05 bits per heavy atom. The minimum absolute atomic E-state index is 0.0518. The molecule has 104 valence electrons. The second-order valence-corrected chi connectivity index (χ2v) is 6.66. The van der Waals surface area contributed by atoms with E-state index in [2.05, 4.69) is 36.7 Å². The van der Waals surface area contributed by atoms with Gasteiger partial charge in [-0.3, -0.25) is 4.79 Å². The number of piperidine rings is 1. The average molecular weight is 325 g/mol. The lowest BCUT2D eigenvalue weighted by molar-refractivity contribution is 0.0457. The summed E-state index contributed by atoms with van der Waals surface area (Å²) in [7, 11) is 0. The summed E-state index contributed by atoms with van der Waals surface area (Å²) in [5, 5.41) is 0. The van der Waals surface area contributed by atoms with E-state index in [0.717, 1.165) is 11.0 Å². The van der Waals surface area contributed by atoms with Crippen LogP contribution >= 0.6 is 15.9 Å². The van der Waals surface area contributed by atoms with E-state index in [0.29, 0.717) is 23.1 Å². The molecule has 1 saturated heterocycles. The molecular formula is C15H21BrN2O. The van der Waals surface area contributed by atoms with Crippen LogP contribution in [-0.2, 0) is 0 Å². The van der Waals surface area contributed by atoms with Crippen molar-refractivity contribution in [2.45, 2.75) is 33.2 Å². The molecule has 1 aliphatic heterocycles. The number of hydrogen-bond donors (Lipinski definition) is 1. The smallest absolute Gasteiger partial charge is 0.256 e. The van der Waals surface area contributed by atoms with Gasteiger partial charge in [-0.05, 0) is 43.4 Å². The summed E-state index contributed by atoms with van der Waals surface area (Å²) in [6.45, 7) is 7.36. The minimum atomic E-state index is 0.0518. The third-order valence-corrected chi connectivity index (χ3v) is 4.60. The van der Waals surface area contributed by atoms with Gasteiger partial charge in [-0.15, -0.1) is 0 Å². The van der Waals surface area contributed by atoms with Crippen LogP contribution in [0, 0.1) is 11.8 Å². The molecule has 0 bridgehead atoms. The Kier molecular flexibility index (Phi) is 4.19. The van der Waals surface area contributed by atoms with Crippen LogP contribution in [0.4, 0.5) is 5.69 Å². The van der Waals surface area contributed by atoms with Gasteiger partial charge >= 0.3 is 0 Å². The molecule has 3 nitrogen and oxygen atoms in total. The molecule has 1 heterocycles. The number of amides is 1. The van der Waals surface area contributed by atoms with Crippen molar-refractivity contribution < 1.29 is 4.79 Å². The molecule has 1 aliphatic rings. The van der Waals surface area contributed by atoms with Gasteiger partial charge in [-0.25, -0.2) is 0 Å². The summed E-state index contributed by atoms with van der Waals surface area (Å²) >= 11 is 3.37. The third-order valence-electron chi connectivity index (χ3n) is 4.10. The molecule has 19 heavy (non-hydrogen) atoms. The molecule has 1 aromatic rings. The number of halogens is 1. The normalized spacial score (nSPS) is 27.4. The second-order valence-electron chi connectivity index (χ2n) is 5.75. The molecule has 0 aromatic heterocycles. The number of nitrogens with zero attached hydrogens (tertiary/aromatic N) is 1. The highest BCUT2D eigenvalue weighted by molar-refractivity contribution is 9.10. The number of rotatable bonds is 1. The zero-order chi connectivity index (χ0) is 14.2. The fourth-order valence-electron chi connectivity index (χ4n) is 2.87. The van der Waals surface area contributed by atoms with Crippen LogP contribution < -0.4 is 5.73 Å². The van der Waals surface area contributed by atoms with Gasteiger partial charge in [0.25, 0.3) is 5.91 Å². The Morgan fingerprint density at radius 1 is 1.37 bits per heavy atom. The number of hydrogen-bond acceptors (Lipinski definition) is 2. The van der Waals surface area contributed by atoms with E-state index in [4.69, 9.17) is 5.73 Å². The van der Waals surface area contributed by atoms with Gasteiger partial charge in [0.15, 0.2) is 0 Å². The van der Waals surface area contributed by atoms with Gasteiger partial charge < -0.3 is 10.6 Å². The van der Waals surface area contributed by atoms with E-state index in [1.54, 1.807) is 12.1 Å². The maximum absolute atomic E-state index is 12.7. The molecule has 0 radical (unpaired) electrons. The van der Waals surface area contributed by atoms with E-state index in [-0.39, 0.29) is 11.9 Å². The van der Waals surface area contributed by atoms with Crippen molar-refractivity contribution in [3.8, 4) is 0 Å². The predicted molar refractivity (Wildman–Crippen MR) is 82.0 cm³/mol. The number of anilines is 1. The Balaban J connectivity index is 2.27. The number of carbonyl (C=O) groups excluding carboxylic acids is 1. The summed E-state index contributed by atoms with van der Waals surface area (Å²) in [6, 6.07) is 5.73. The standard InChI is InChI=1S/C15H21BrN2O/c1-9-6-10(2)11(3)18(8-9)15(19)13-5-4-12(16)7-14(13)17/h4-5,7,9-11H,6,8,17H2,1-3H3. The predicted octanol–water partition coefficient (Wildman–Crippen LogP) is 3.54. The quantitative estimate of drug-likeness (QED) is 0.803. The van der Waals surface area contributed by atoms with Gasteiger partial charge in [-0.1, -0.05) is 29.8 Å². The van der Waals surface area contributed by atoms with E-state index in [1.807, 2.05) is 11.0 Å². The van der Waals surface area contributed by atoms with Gasteiger partial charge in [0.2, 0.25) is 0 Å². The van der Waals surface area contributed by atoms with Gasteiger partial charge in [0, 0.05) is 22.7 Å². The van der Waals surface area contributed by atoms with Crippen molar-refractivity contribution in [3.63, 3.8) is 0 Å². The van der Waals surface area contributed by atoms with E-state index in [9.17, 15) is 4.79 Å². The summed E-state index contributed by atoms with van der Waals surface area (Å²) in [6.07, 6.45) is 1.18. The van der Waals surface area contributed by atoms with Crippen molar-refractivity contribution >= 4 is 27.5 Å². The third kappa shape index (κ3) is 2.94. The molecule has 4 heteroatoms. The summed E-state index contributed by atoms with van der Waals surface area (Å²) in [4.78, 5) is 14.6. The van der Waals surface area contributed by atoms with Crippen molar-refractivity contribution in [1.29, 1.82) is 0 Å². The van der Waals surface area contributed by atoms with E-state index < -0.39 is 0 Å².